The van der Waals surface area contributed by atoms with Gasteiger partial charge in [0.05, 0.1) is 30.4 Å². The lowest BCUT2D eigenvalue weighted by Gasteiger charge is -2.13. The SMILES string of the molecule is COc1cc(NC(=O)CCC(=O)n2ccc3ccccc32)c(OC)cc1Cl. The number of nitrogens with zero attached hydrogens (tertiary/aromatic N) is 1. The van der Waals surface area contributed by atoms with Crippen LogP contribution in [0.5, 0.6) is 11.5 Å². The van der Waals surface area contributed by atoms with Crippen LogP contribution in [0.1, 0.15) is 17.6 Å². The standard InChI is InChI=1S/C20H19ClN2O4/c1-26-17-12-15(18(27-2)11-14(17)21)22-19(24)7-8-20(25)23-10-9-13-5-3-4-6-16(13)23/h3-6,9-12H,7-8H2,1-2H3,(H,22,24). The molecular formula is C20H19ClN2O4. The van der Waals surface area contributed by atoms with Crippen molar-refractivity contribution in [3.05, 3.63) is 53.7 Å². The molecule has 0 bridgehead atoms. The minimum absolute atomic E-state index is 0.0411. The molecule has 1 N–H and O–H groups in total. The summed E-state index contributed by atoms with van der Waals surface area (Å²) in [6, 6.07) is 12.6. The minimum Gasteiger partial charge on any atom is -0.495 e. The van der Waals surface area contributed by atoms with E-state index in [4.69, 9.17) is 21.1 Å². The maximum absolute atomic E-state index is 12.5. The molecular weight excluding hydrogens is 368 g/mol. The first-order valence-corrected chi connectivity index (χ1v) is 8.72. The Labute approximate surface area is 161 Å². The second-order valence-corrected chi connectivity index (χ2v) is 6.28. The number of hydrogen-bond donors (Lipinski definition) is 1. The molecule has 2 aromatic carbocycles. The summed E-state index contributed by atoms with van der Waals surface area (Å²) in [5.41, 5.74) is 1.26. The van der Waals surface area contributed by atoms with E-state index >= 15 is 0 Å². The molecule has 0 unspecified atom stereocenters. The van der Waals surface area contributed by atoms with Gasteiger partial charge in [-0.1, -0.05) is 29.8 Å². The van der Waals surface area contributed by atoms with Crippen molar-refractivity contribution in [1.82, 2.24) is 4.57 Å². The normalized spacial score (nSPS) is 10.6. The van der Waals surface area contributed by atoms with Gasteiger partial charge in [-0.3, -0.25) is 14.2 Å². The first-order valence-electron chi connectivity index (χ1n) is 8.34. The quantitative estimate of drug-likeness (QED) is 0.682. The van der Waals surface area contributed by atoms with Crippen molar-refractivity contribution in [2.45, 2.75) is 12.8 Å². The fourth-order valence-corrected chi connectivity index (χ4v) is 3.04. The van der Waals surface area contributed by atoms with Gasteiger partial charge < -0.3 is 14.8 Å². The molecule has 0 radical (unpaired) electrons. The lowest BCUT2D eigenvalue weighted by molar-refractivity contribution is -0.116. The van der Waals surface area contributed by atoms with Gasteiger partial charge in [-0.15, -0.1) is 0 Å². The third-order valence-electron chi connectivity index (χ3n) is 4.18. The fraction of sp³-hybridized carbons (Fsp3) is 0.200. The van der Waals surface area contributed by atoms with Gasteiger partial charge in [-0.05, 0) is 12.1 Å². The van der Waals surface area contributed by atoms with Crippen LogP contribution in [0, 0.1) is 0 Å². The van der Waals surface area contributed by atoms with Gasteiger partial charge in [0.1, 0.15) is 11.5 Å². The lowest BCUT2D eigenvalue weighted by atomic mass is 10.2. The number of halogens is 1. The molecule has 0 aliphatic heterocycles. The predicted octanol–water partition coefficient (Wildman–Crippen LogP) is 4.37. The lowest BCUT2D eigenvalue weighted by Crippen LogP contribution is -2.16. The molecule has 0 atom stereocenters. The zero-order valence-electron chi connectivity index (χ0n) is 15.0. The van der Waals surface area contributed by atoms with Crippen molar-refractivity contribution >= 4 is 40.0 Å². The fourth-order valence-electron chi connectivity index (χ4n) is 2.81. The van der Waals surface area contributed by atoms with Crippen LogP contribution >= 0.6 is 11.6 Å². The molecule has 6 nitrogen and oxygen atoms in total. The molecule has 0 fully saturated rings. The van der Waals surface area contributed by atoms with Gasteiger partial charge in [-0.25, -0.2) is 0 Å². The number of methoxy groups -OCH3 is 2. The van der Waals surface area contributed by atoms with Gasteiger partial charge in [0.25, 0.3) is 0 Å². The summed E-state index contributed by atoms with van der Waals surface area (Å²) in [5.74, 6) is 0.383. The van der Waals surface area contributed by atoms with E-state index in [0.717, 1.165) is 10.9 Å². The Bertz CT molecular complexity index is 997. The number of carbonyl (C=O) groups is 2. The number of aromatic nitrogens is 1. The number of anilines is 1. The van der Waals surface area contributed by atoms with Gasteiger partial charge in [-0.2, -0.15) is 0 Å². The van der Waals surface area contributed by atoms with Crippen molar-refractivity contribution < 1.29 is 19.1 Å². The highest BCUT2D eigenvalue weighted by molar-refractivity contribution is 6.32. The van der Waals surface area contributed by atoms with Crippen molar-refractivity contribution in [3.63, 3.8) is 0 Å². The Balaban J connectivity index is 1.67. The number of benzene rings is 2. The van der Waals surface area contributed by atoms with Crippen LogP contribution < -0.4 is 14.8 Å². The molecule has 1 aromatic heterocycles. The van der Waals surface area contributed by atoms with E-state index in [0.29, 0.717) is 22.2 Å². The Kier molecular flexibility index (Phi) is 5.66. The third-order valence-corrected chi connectivity index (χ3v) is 4.48. The monoisotopic (exact) mass is 386 g/mol. The van der Waals surface area contributed by atoms with Gasteiger partial charge >= 0.3 is 0 Å². The molecule has 0 saturated carbocycles. The molecule has 3 aromatic rings. The third kappa shape index (κ3) is 4.06. The van der Waals surface area contributed by atoms with Crippen molar-refractivity contribution in [1.29, 1.82) is 0 Å². The van der Waals surface area contributed by atoms with Crippen molar-refractivity contribution in [3.8, 4) is 11.5 Å². The van der Waals surface area contributed by atoms with E-state index in [9.17, 15) is 9.59 Å². The van der Waals surface area contributed by atoms with E-state index < -0.39 is 0 Å². The molecule has 1 heterocycles. The highest BCUT2D eigenvalue weighted by Crippen LogP contribution is 2.35. The number of nitrogens with one attached hydrogen (secondary N) is 1. The maximum atomic E-state index is 12.5. The number of hydrogen-bond acceptors (Lipinski definition) is 4. The van der Waals surface area contributed by atoms with Crippen LogP contribution in [0.4, 0.5) is 5.69 Å². The Morgan fingerprint density at radius 2 is 1.78 bits per heavy atom. The first kappa shape index (κ1) is 18.8. The van der Waals surface area contributed by atoms with Crippen molar-refractivity contribution in [2.75, 3.05) is 19.5 Å². The first-order chi connectivity index (χ1) is 13.0. The number of ether oxygens (including phenoxy) is 2. The zero-order chi connectivity index (χ0) is 19.4. The molecule has 140 valence electrons. The van der Waals surface area contributed by atoms with Crippen LogP contribution in [0.25, 0.3) is 10.9 Å². The largest absolute Gasteiger partial charge is 0.495 e. The molecule has 7 heteroatoms. The van der Waals surface area contributed by atoms with Crippen LogP contribution in [0.2, 0.25) is 5.02 Å². The molecule has 0 saturated heterocycles. The number of carbonyl (C=O) groups excluding carboxylic acids is 2. The molecule has 27 heavy (non-hydrogen) atoms. The van der Waals surface area contributed by atoms with E-state index in [1.807, 2.05) is 30.3 Å². The van der Waals surface area contributed by atoms with E-state index in [2.05, 4.69) is 5.32 Å². The number of fused-ring (bicyclic) bond motifs is 1. The molecule has 1 amide bonds. The number of amides is 1. The van der Waals surface area contributed by atoms with Crippen LogP contribution in [0.15, 0.2) is 48.7 Å². The van der Waals surface area contributed by atoms with E-state index in [-0.39, 0.29) is 24.7 Å². The van der Waals surface area contributed by atoms with Crippen molar-refractivity contribution in [2.24, 2.45) is 0 Å². The molecule has 3 rings (SSSR count). The smallest absolute Gasteiger partial charge is 0.231 e. The van der Waals surface area contributed by atoms with E-state index in [1.165, 1.54) is 14.2 Å². The number of para-hydroxylation sites is 1. The zero-order valence-corrected chi connectivity index (χ0v) is 15.7. The van der Waals surface area contributed by atoms with Gasteiger partial charge in [0, 0.05) is 36.6 Å². The summed E-state index contributed by atoms with van der Waals surface area (Å²) in [4.78, 5) is 24.8. The Hall–Kier alpha value is -2.99. The highest BCUT2D eigenvalue weighted by Gasteiger charge is 2.15. The summed E-state index contributed by atoms with van der Waals surface area (Å²) in [6.45, 7) is 0. The molecule has 0 spiro atoms. The maximum Gasteiger partial charge on any atom is 0.231 e. The summed E-state index contributed by atoms with van der Waals surface area (Å²) in [5, 5.41) is 4.09. The minimum atomic E-state index is -0.303. The van der Waals surface area contributed by atoms with Gasteiger partial charge in [0.15, 0.2) is 0 Å². The summed E-state index contributed by atoms with van der Waals surface area (Å²) >= 11 is 6.06. The predicted molar refractivity (Wildman–Crippen MR) is 105 cm³/mol. The summed E-state index contributed by atoms with van der Waals surface area (Å²) in [6.07, 6.45) is 1.84. The summed E-state index contributed by atoms with van der Waals surface area (Å²) in [7, 11) is 2.97. The second-order valence-electron chi connectivity index (χ2n) is 5.87. The van der Waals surface area contributed by atoms with Gasteiger partial charge in [0.2, 0.25) is 11.8 Å². The average molecular weight is 387 g/mol. The number of rotatable bonds is 6. The second kappa shape index (κ2) is 8.14. The average Bonchev–Trinajstić information content (AvgIpc) is 3.11. The highest BCUT2D eigenvalue weighted by atomic mass is 35.5. The van der Waals surface area contributed by atoms with Crippen LogP contribution in [-0.4, -0.2) is 30.6 Å². The van der Waals surface area contributed by atoms with E-state index in [1.54, 1.807) is 22.9 Å². The summed E-state index contributed by atoms with van der Waals surface area (Å²) < 4.78 is 12.0. The molecule has 0 aliphatic rings. The topological polar surface area (TPSA) is 69.6 Å². The van der Waals surface area contributed by atoms with Crippen LogP contribution in [0.3, 0.4) is 0 Å². The Morgan fingerprint density at radius 3 is 2.52 bits per heavy atom. The van der Waals surface area contributed by atoms with Crippen LogP contribution in [-0.2, 0) is 4.79 Å². The Morgan fingerprint density at radius 1 is 1.04 bits per heavy atom. The molecule has 0 aliphatic carbocycles.